The predicted octanol–water partition coefficient (Wildman–Crippen LogP) is 3.72. The van der Waals surface area contributed by atoms with Crippen LogP contribution in [0.1, 0.15) is 23.2 Å². The molecule has 4 rings (SSSR count). The van der Waals surface area contributed by atoms with Crippen LogP contribution in [-0.4, -0.2) is 24.7 Å². The van der Waals surface area contributed by atoms with E-state index in [2.05, 4.69) is 9.97 Å². The van der Waals surface area contributed by atoms with Crippen LogP contribution in [0.3, 0.4) is 0 Å². The van der Waals surface area contributed by atoms with Crippen molar-refractivity contribution < 1.29 is 14.6 Å². The second kappa shape index (κ2) is 8.49. The molecule has 0 amide bonds. The van der Waals surface area contributed by atoms with Crippen LogP contribution in [0.2, 0.25) is 0 Å². The summed E-state index contributed by atoms with van der Waals surface area (Å²) in [6, 6.07) is 16.9. The lowest BCUT2D eigenvalue weighted by atomic mass is 10.1. The molecule has 31 heavy (non-hydrogen) atoms. The fraction of sp³-hybridized carbons (Fsp3) is 0.125. The van der Waals surface area contributed by atoms with Crippen LogP contribution < -0.4 is 5.43 Å². The molecule has 0 saturated carbocycles. The van der Waals surface area contributed by atoms with Crippen LogP contribution in [0.5, 0.6) is 5.75 Å². The molecule has 0 spiro atoms. The van der Waals surface area contributed by atoms with E-state index in [0.717, 1.165) is 16.8 Å². The highest BCUT2D eigenvalue weighted by molar-refractivity contribution is 5.65. The number of hydrogen-bond acceptors (Lipinski definition) is 5. The Kier molecular flexibility index (Phi) is 5.60. The van der Waals surface area contributed by atoms with E-state index in [1.54, 1.807) is 16.7 Å². The van der Waals surface area contributed by atoms with Crippen molar-refractivity contribution in [2.45, 2.75) is 19.4 Å². The first-order valence-corrected chi connectivity index (χ1v) is 9.69. The highest BCUT2D eigenvalue weighted by Gasteiger charge is 2.16. The summed E-state index contributed by atoms with van der Waals surface area (Å²) < 4.78 is 14.8. The van der Waals surface area contributed by atoms with Crippen LogP contribution in [0.4, 0.5) is 4.39 Å². The Labute approximate surface area is 177 Å². The Bertz CT molecular complexity index is 1290. The molecular formula is C24H20FN3O3. The Morgan fingerprint density at radius 2 is 1.87 bits per heavy atom. The molecule has 1 aromatic carbocycles. The molecule has 0 fully saturated rings. The Balaban J connectivity index is 1.75. The van der Waals surface area contributed by atoms with Crippen molar-refractivity contribution in [2.24, 2.45) is 0 Å². The van der Waals surface area contributed by atoms with Gasteiger partial charge in [-0.25, -0.2) is 4.98 Å². The third-order valence-corrected chi connectivity index (χ3v) is 4.95. The third-order valence-electron chi connectivity index (χ3n) is 4.95. The number of pyridine rings is 3. The van der Waals surface area contributed by atoms with Crippen molar-refractivity contribution in [3.05, 3.63) is 106 Å². The summed E-state index contributed by atoms with van der Waals surface area (Å²) in [6.45, 7) is 1.84. The number of aliphatic hydroxyl groups excluding tert-OH is 1. The molecule has 3 heterocycles. The number of halogens is 1. The predicted molar refractivity (Wildman–Crippen MR) is 115 cm³/mol. The van der Waals surface area contributed by atoms with E-state index < -0.39 is 23.2 Å². The van der Waals surface area contributed by atoms with Crippen molar-refractivity contribution in [3.63, 3.8) is 0 Å². The number of aryl methyl sites for hydroxylation is 1. The molecule has 0 aliphatic heterocycles. The molecule has 3 aromatic heterocycles. The minimum Gasteiger partial charge on any atom is -0.503 e. The van der Waals surface area contributed by atoms with Crippen molar-refractivity contribution in [1.29, 1.82) is 0 Å². The van der Waals surface area contributed by atoms with Crippen molar-refractivity contribution in [3.8, 4) is 22.6 Å². The summed E-state index contributed by atoms with van der Waals surface area (Å²) in [4.78, 5) is 20.1. The molecule has 2 N–H and O–H groups in total. The summed E-state index contributed by atoms with van der Waals surface area (Å²) in [6.07, 6.45) is 1.95. The van der Waals surface area contributed by atoms with Gasteiger partial charge in [-0.05, 0) is 48.9 Å². The maximum Gasteiger partial charge on any atom is 0.223 e. The lowest BCUT2D eigenvalue weighted by Crippen LogP contribution is -2.15. The van der Waals surface area contributed by atoms with E-state index >= 15 is 0 Å². The summed E-state index contributed by atoms with van der Waals surface area (Å²) in [5, 5.41) is 20.7. The zero-order valence-electron chi connectivity index (χ0n) is 16.7. The van der Waals surface area contributed by atoms with Gasteiger partial charge in [0, 0.05) is 41.3 Å². The first-order valence-electron chi connectivity index (χ1n) is 9.69. The lowest BCUT2D eigenvalue weighted by molar-refractivity contribution is 0.171. The topological polar surface area (TPSA) is 88.2 Å². The van der Waals surface area contributed by atoms with E-state index in [0.29, 0.717) is 17.1 Å². The average molecular weight is 417 g/mol. The molecule has 1 unspecified atom stereocenters. The average Bonchev–Trinajstić information content (AvgIpc) is 2.76. The van der Waals surface area contributed by atoms with Gasteiger partial charge in [0.15, 0.2) is 5.75 Å². The van der Waals surface area contributed by atoms with E-state index in [-0.39, 0.29) is 6.42 Å². The molecule has 0 saturated heterocycles. The molecule has 0 radical (unpaired) electrons. The first-order chi connectivity index (χ1) is 14.9. The van der Waals surface area contributed by atoms with Crippen molar-refractivity contribution >= 4 is 0 Å². The van der Waals surface area contributed by atoms with Crippen LogP contribution in [-0.2, 0) is 6.42 Å². The lowest BCUT2D eigenvalue weighted by Gasteiger charge is -2.18. The standard InChI is InChI=1S/C24H20FN3O3/c1-15-4-2-7-20(27-15)21(29)11-19-12-22(30)23(31)14-28(19)18-6-3-5-16(10-18)17-8-9-24(25)26-13-17/h2-10,12-14,21,29,31H,11H2,1H3. The SMILES string of the molecule is Cc1cccc(C(O)Cc2cc(=O)c(O)cn2-c2cccc(-c3ccc(F)nc3)c2)n1. The van der Waals surface area contributed by atoms with Crippen LogP contribution in [0, 0.1) is 12.9 Å². The maximum atomic E-state index is 13.2. The second-order valence-corrected chi connectivity index (χ2v) is 7.23. The van der Waals surface area contributed by atoms with Gasteiger partial charge in [-0.2, -0.15) is 4.39 Å². The van der Waals surface area contributed by atoms with Crippen molar-refractivity contribution in [1.82, 2.24) is 14.5 Å². The third kappa shape index (κ3) is 4.51. The quantitative estimate of drug-likeness (QED) is 0.483. The van der Waals surface area contributed by atoms with Crippen molar-refractivity contribution in [2.75, 3.05) is 0 Å². The maximum absolute atomic E-state index is 13.2. The molecule has 0 aliphatic rings. The molecule has 156 valence electrons. The van der Waals surface area contributed by atoms with Gasteiger partial charge in [0.25, 0.3) is 0 Å². The molecule has 0 bridgehead atoms. The highest BCUT2D eigenvalue weighted by atomic mass is 19.1. The fourth-order valence-corrected chi connectivity index (χ4v) is 3.40. The number of aromatic hydroxyl groups is 1. The molecule has 6 nitrogen and oxygen atoms in total. The smallest absolute Gasteiger partial charge is 0.223 e. The number of aliphatic hydroxyl groups is 1. The van der Waals surface area contributed by atoms with E-state index in [4.69, 9.17) is 0 Å². The number of hydrogen-bond donors (Lipinski definition) is 2. The molecule has 7 heteroatoms. The molecule has 0 aliphatic carbocycles. The van der Waals surface area contributed by atoms with Gasteiger partial charge in [0.2, 0.25) is 11.4 Å². The molecule has 1 atom stereocenters. The molecule has 4 aromatic rings. The van der Waals surface area contributed by atoms with Gasteiger partial charge < -0.3 is 14.8 Å². The Morgan fingerprint density at radius 3 is 2.61 bits per heavy atom. The van der Waals surface area contributed by atoms with E-state index in [1.807, 2.05) is 43.3 Å². The van der Waals surface area contributed by atoms with Gasteiger partial charge in [-0.15, -0.1) is 0 Å². The summed E-state index contributed by atoms with van der Waals surface area (Å²) >= 11 is 0. The number of benzene rings is 1. The fourth-order valence-electron chi connectivity index (χ4n) is 3.40. The summed E-state index contributed by atoms with van der Waals surface area (Å²) in [7, 11) is 0. The van der Waals surface area contributed by atoms with Gasteiger partial charge >= 0.3 is 0 Å². The zero-order chi connectivity index (χ0) is 22.0. The zero-order valence-corrected chi connectivity index (χ0v) is 16.7. The Hall–Kier alpha value is -3.84. The van der Waals surface area contributed by atoms with Crippen LogP contribution in [0.15, 0.2) is 77.9 Å². The van der Waals surface area contributed by atoms with Gasteiger partial charge in [0.05, 0.1) is 11.9 Å². The van der Waals surface area contributed by atoms with Crippen LogP contribution in [0.25, 0.3) is 16.8 Å². The summed E-state index contributed by atoms with van der Waals surface area (Å²) in [5.74, 6) is -0.966. The number of rotatable bonds is 5. The van der Waals surface area contributed by atoms with Gasteiger partial charge in [-0.1, -0.05) is 18.2 Å². The second-order valence-electron chi connectivity index (χ2n) is 7.23. The van der Waals surface area contributed by atoms with Gasteiger partial charge in [-0.3, -0.25) is 9.78 Å². The van der Waals surface area contributed by atoms with E-state index in [1.165, 1.54) is 24.5 Å². The highest BCUT2D eigenvalue weighted by Crippen LogP contribution is 2.25. The number of aromatic nitrogens is 3. The number of nitrogens with zero attached hydrogens (tertiary/aromatic N) is 3. The largest absolute Gasteiger partial charge is 0.503 e. The monoisotopic (exact) mass is 417 g/mol. The first kappa shape index (κ1) is 20.4. The molecular weight excluding hydrogens is 397 g/mol. The minimum atomic E-state index is -0.931. The minimum absolute atomic E-state index is 0.119. The van der Waals surface area contributed by atoms with E-state index in [9.17, 15) is 19.4 Å². The Morgan fingerprint density at radius 1 is 1.06 bits per heavy atom. The summed E-state index contributed by atoms with van der Waals surface area (Å²) in [5.41, 5.74) is 3.42. The van der Waals surface area contributed by atoms with Gasteiger partial charge in [0.1, 0.15) is 6.10 Å². The van der Waals surface area contributed by atoms with Crippen LogP contribution >= 0.6 is 0 Å². The normalized spacial score (nSPS) is 12.0.